The number of hydrogen-bond donors (Lipinski definition) is 2. The van der Waals surface area contributed by atoms with Gasteiger partial charge in [0.05, 0.1) is 22.7 Å². The fourth-order valence-corrected chi connectivity index (χ4v) is 4.25. The quantitative estimate of drug-likeness (QED) is 0.387. The first-order chi connectivity index (χ1) is 17.1. The van der Waals surface area contributed by atoms with Gasteiger partial charge in [-0.2, -0.15) is 31.4 Å². The Morgan fingerprint density at radius 2 is 1.78 bits per heavy atom. The summed E-state index contributed by atoms with van der Waals surface area (Å²) in [5.41, 5.74) is -2.62. The first kappa shape index (κ1) is 26.2. The zero-order valence-corrected chi connectivity index (χ0v) is 19.0. The van der Waals surface area contributed by atoms with Crippen LogP contribution in [0.25, 0.3) is 11.1 Å². The van der Waals surface area contributed by atoms with E-state index in [-0.39, 0.29) is 40.8 Å². The van der Waals surface area contributed by atoms with Crippen molar-refractivity contribution < 1.29 is 45.4 Å². The van der Waals surface area contributed by atoms with Crippen LogP contribution in [0, 0.1) is 12.7 Å². The van der Waals surface area contributed by atoms with E-state index in [1.54, 1.807) is 0 Å². The van der Waals surface area contributed by atoms with Crippen molar-refractivity contribution in [3.8, 4) is 11.1 Å². The molecule has 6 nitrogen and oxygen atoms in total. The maximum Gasteiger partial charge on any atom is 0.416 e. The van der Waals surface area contributed by atoms with Crippen LogP contribution in [0.5, 0.6) is 0 Å². The maximum absolute atomic E-state index is 14.6. The summed E-state index contributed by atoms with van der Waals surface area (Å²) in [5.74, 6) is -3.34. The first-order valence-corrected chi connectivity index (χ1v) is 10.8. The first-order valence-electron chi connectivity index (χ1n) is 10.8. The Bertz CT molecular complexity index is 1390. The number of halogens is 7. The molecule has 1 amide bonds. The summed E-state index contributed by atoms with van der Waals surface area (Å²) in [5, 5.41) is 15.8. The average molecular weight is 529 g/mol. The Kier molecular flexibility index (Phi) is 6.29. The molecule has 1 aromatic heterocycles. The number of nitrogens with one attached hydrogen (secondary N) is 1. The van der Waals surface area contributed by atoms with E-state index in [0.717, 1.165) is 24.5 Å². The molecule has 0 atom stereocenters. The number of aromatic carboxylic acids is 1. The van der Waals surface area contributed by atoms with Gasteiger partial charge in [0.2, 0.25) is 5.91 Å². The molecule has 0 saturated heterocycles. The predicted molar refractivity (Wildman–Crippen MR) is 116 cm³/mol. The van der Waals surface area contributed by atoms with Crippen LogP contribution in [-0.2, 0) is 22.9 Å². The van der Waals surface area contributed by atoms with Gasteiger partial charge in [-0.1, -0.05) is 6.07 Å². The zero-order valence-electron chi connectivity index (χ0n) is 19.0. The highest BCUT2D eigenvalue weighted by molar-refractivity contribution is 6.04. The summed E-state index contributed by atoms with van der Waals surface area (Å²) in [4.78, 5) is 25.0. The van der Waals surface area contributed by atoms with Gasteiger partial charge in [-0.25, -0.2) is 9.18 Å². The number of amides is 1. The van der Waals surface area contributed by atoms with Crippen LogP contribution >= 0.6 is 0 Å². The number of aryl methyl sites for hydroxylation is 1. The normalized spacial score (nSPS) is 14.9. The molecule has 1 fully saturated rings. The molecule has 37 heavy (non-hydrogen) atoms. The number of carbonyl (C=O) groups excluding carboxylic acids is 1. The summed E-state index contributed by atoms with van der Waals surface area (Å²) in [7, 11) is 0. The van der Waals surface area contributed by atoms with Crippen molar-refractivity contribution in [1.82, 2.24) is 9.78 Å². The van der Waals surface area contributed by atoms with Crippen molar-refractivity contribution in [3.63, 3.8) is 0 Å². The highest BCUT2D eigenvalue weighted by Crippen LogP contribution is 2.50. The lowest BCUT2D eigenvalue weighted by molar-refractivity contribution is -0.142. The Labute approximate surface area is 204 Å². The van der Waals surface area contributed by atoms with Gasteiger partial charge in [-0.15, -0.1) is 0 Å². The second-order valence-corrected chi connectivity index (χ2v) is 8.79. The number of anilines is 1. The lowest BCUT2D eigenvalue weighted by Gasteiger charge is -2.19. The molecule has 0 radical (unpaired) electrons. The third kappa shape index (κ3) is 5.30. The lowest BCUT2D eigenvalue weighted by atomic mass is 9.92. The molecule has 0 bridgehead atoms. The van der Waals surface area contributed by atoms with Crippen LogP contribution < -0.4 is 5.32 Å². The predicted octanol–water partition coefficient (Wildman–Crippen LogP) is 5.95. The molecule has 1 aliphatic rings. The highest BCUT2D eigenvalue weighted by Gasteiger charge is 2.53. The Morgan fingerprint density at radius 1 is 1.11 bits per heavy atom. The van der Waals surface area contributed by atoms with Crippen molar-refractivity contribution in [2.45, 2.75) is 44.1 Å². The van der Waals surface area contributed by atoms with Crippen LogP contribution in [0.2, 0.25) is 0 Å². The van der Waals surface area contributed by atoms with Crippen molar-refractivity contribution in [2.75, 3.05) is 5.32 Å². The molecule has 4 rings (SSSR count). The Hall–Kier alpha value is -3.90. The smallest absolute Gasteiger partial charge is 0.416 e. The molecule has 3 aromatic rings. The Balaban J connectivity index is 1.63. The van der Waals surface area contributed by atoms with E-state index in [0.29, 0.717) is 22.4 Å². The fraction of sp³-hybridized carbons (Fsp3) is 0.292. The summed E-state index contributed by atoms with van der Waals surface area (Å²) < 4.78 is 91.8. The van der Waals surface area contributed by atoms with Crippen LogP contribution in [0.3, 0.4) is 0 Å². The second-order valence-electron chi connectivity index (χ2n) is 8.79. The van der Waals surface area contributed by atoms with Gasteiger partial charge in [0.15, 0.2) is 0 Å². The Morgan fingerprint density at radius 3 is 2.32 bits per heavy atom. The molecular weight excluding hydrogens is 511 g/mol. The van der Waals surface area contributed by atoms with E-state index >= 15 is 0 Å². The second kappa shape index (κ2) is 8.89. The highest BCUT2D eigenvalue weighted by atomic mass is 19.4. The summed E-state index contributed by atoms with van der Waals surface area (Å²) >= 11 is 0. The third-order valence-electron chi connectivity index (χ3n) is 6.08. The van der Waals surface area contributed by atoms with Gasteiger partial charge < -0.3 is 10.4 Å². The molecule has 2 aromatic carbocycles. The van der Waals surface area contributed by atoms with E-state index in [1.807, 2.05) is 0 Å². The van der Waals surface area contributed by atoms with E-state index in [2.05, 4.69) is 10.4 Å². The van der Waals surface area contributed by atoms with Crippen LogP contribution in [0.4, 0.5) is 36.4 Å². The number of carboxylic acid groups (broad SMARTS) is 1. The molecule has 0 spiro atoms. The number of carbonyl (C=O) groups is 2. The third-order valence-corrected chi connectivity index (χ3v) is 6.08. The molecule has 196 valence electrons. The van der Waals surface area contributed by atoms with Crippen molar-refractivity contribution in [1.29, 1.82) is 0 Å². The molecule has 1 saturated carbocycles. The number of alkyl halides is 6. The van der Waals surface area contributed by atoms with Crippen LogP contribution in [0.1, 0.15) is 39.9 Å². The molecule has 1 heterocycles. The number of rotatable bonds is 6. The molecule has 0 aliphatic heterocycles. The molecule has 13 heteroatoms. The van der Waals surface area contributed by atoms with Gasteiger partial charge in [0, 0.05) is 28.6 Å². The van der Waals surface area contributed by atoms with E-state index in [4.69, 9.17) is 0 Å². The van der Waals surface area contributed by atoms with Gasteiger partial charge in [0.1, 0.15) is 12.4 Å². The molecule has 1 aliphatic carbocycles. The van der Waals surface area contributed by atoms with Crippen LogP contribution in [0.15, 0.2) is 42.7 Å². The summed E-state index contributed by atoms with van der Waals surface area (Å²) in [6.45, 7) is 0.117. The van der Waals surface area contributed by atoms with E-state index in [1.165, 1.54) is 13.0 Å². The van der Waals surface area contributed by atoms with E-state index < -0.39 is 47.6 Å². The van der Waals surface area contributed by atoms with Gasteiger partial charge in [-0.05, 0) is 49.6 Å². The van der Waals surface area contributed by atoms with Crippen molar-refractivity contribution in [3.05, 3.63) is 70.8 Å². The minimum atomic E-state index is -4.76. The standard InChI is InChI=1S/C24H18F7N3O3/c1-12-6-15(8-16(20(35)36)19(12)13-9-32-34(10-13)11-23(26,27)28)33-21(37)22(4-5-22)17-3-2-14(7-18(17)25)24(29,30)31/h2-3,6-10H,4-5,11H2,1H3,(H,33,37)(H,35,36). The average Bonchev–Trinajstić information content (AvgIpc) is 3.45. The number of hydrogen-bond acceptors (Lipinski definition) is 3. The SMILES string of the molecule is Cc1cc(NC(=O)C2(c3ccc(C(F)(F)F)cc3F)CC2)cc(C(=O)O)c1-c1cnn(CC(F)(F)F)c1. The van der Waals surface area contributed by atoms with Crippen LogP contribution in [-0.4, -0.2) is 32.9 Å². The minimum Gasteiger partial charge on any atom is -0.478 e. The number of nitrogens with zero attached hydrogens (tertiary/aromatic N) is 2. The minimum absolute atomic E-state index is 0.0185. The lowest BCUT2D eigenvalue weighted by Crippen LogP contribution is -2.29. The largest absolute Gasteiger partial charge is 0.478 e. The van der Waals surface area contributed by atoms with Crippen molar-refractivity contribution in [2.24, 2.45) is 0 Å². The van der Waals surface area contributed by atoms with Gasteiger partial charge in [-0.3, -0.25) is 9.48 Å². The maximum atomic E-state index is 14.6. The number of benzene rings is 2. The molecular formula is C24H18F7N3O3. The summed E-state index contributed by atoms with van der Waals surface area (Å²) in [6.07, 6.45) is -6.81. The van der Waals surface area contributed by atoms with Gasteiger partial charge in [0.25, 0.3) is 0 Å². The molecule has 0 unspecified atom stereocenters. The van der Waals surface area contributed by atoms with Crippen molar-refractivity contribution >= 4 is 17.6 Å². The summed E-state index contributed by atoms with van der Waals surface area (Å²) in [6, 6.07) is 4.42. The van der Waals surface area contributed by atoms with E-state index in [9.17, 15) is 45.4 Å². The number of carboxylic acids is 1. The fourth-order valence-electron chi connectivity index (χ4n) is 4.25. The zero-order chi connectivity index (χ0) is 27.3. The monoisotopic (exact) mass is 529 g/mol. The molecule has 2 N–H and O–H groups in total. The topological polar surface area (TPSA) is 84.2 Å². The van der Waals surface area contributed by atoms with Gasteiger partial charge >= 0.3 is 18.3 Å². The number of aromatic nitrogens is 2.